The fraction of sp³-hybridized carbons (Fsp3) is 0.500. The molecule has 0 saturated heterocycles. The zero-order valence-electron chi connectivity index (χ0n) is 10.4. The van der Waals surface area contributed by atoms with Crippen LogP contribution in [-0.2, 0) is 0 Å². The lowest BCUT2D eigenvalue weighted by Crippen LogP contribution is -2.03. The molecule has 2 nitrogen and oxygen atoms in total. The van der Waals surface area contributed by atoms with Gasteiger partial charge in [0, 0.05) is 17.8 Å². The van der Waals surface area contributed by atoms with Gasteiger partial charge in [0.2, 0.25) is 0 Å². The summed E-state index contributed by atoms with van der Waals surface area (Å²) in [6, 6.07) is 7.67. The molecule has 0 saturated carbocycles. The summed E-state index contributed by atoms with van der Waals surface area (Å²) in [4.78, 5) is 11.1. The minimum absolute atomic E-state index is 0.117. The SMILES string of the molecule is CC(=O)c1ccc(NCCCC(C)C)cc1. The number of rotatable bonds is 6. The van der Waals surface area contributed by atoms with Gasteiger partial charge in [-0.25, -0.2) is 0 Å². The van der Waals surface area contributed by atoms with Crippen molar-refractivity contribution >= 4 is 11.5 Å². The predicted molar refractivity (Wildman–Crippen MR) is 69.0 cm³/mol. The van der Waals surface area contributed by atoms with Crippen LogP contribution in [0.3, 0.4) is 0 Å². The van der Waals surface area contributed by atoms with Crippen molar-refractivity contribution in [2.24, 2.45) is 5.92 Å². The smallest absolute Gasteiger partial charge is 0.159 e. The van der Waals surface area contributed by atoms with Gasteiger partial charge in [-0.05, 0) is 49.9 Å². The third-order valence-electron chi connectivity index (χ3n) is 2.58. The fourth-order valence-electron chi connectivity index (χ4n) is 1.57. The van der Waals surface area contributed by atoms with Crippen molar-refractivity contribution in [3.05, 3.63) is 29.8 Å². The molecule has 0 atom stereocenters. The molecule has 16 heavy (non-hydrogen) atoms. The van der Waals surface area contributed by atoms with Crippen molar-refractivity contribution in [3.8, 4) is 0 Å². The number of ketones is 1. The Morgan fingerprint density at radius 3 is 2.38 bits per heavy atom. The lowest BCUT2D eigenvalue weighted by molar-refractivity contribution is 0.101. The maximum absolute atomic E-state index is 11.1. The largest absolute Gasteiger partial charge is 0.385 e. The summed E-state index contributed by atoms with van der Waals surface area (Å²) in [6.45, 7) is 7.06. The standard InChI is InChI=1S/C14H21NO/c1-11(2)5-4-10-15-14-8-6-13(7-9-14)12(3)16/h6-9,11,15H,4-5,10H2,1-3H3. The summed E-state index contributed by atoms with van der Waals surface area (Å²) >= 11 is 0. The average molecular weight is 219 g/mol. The number of carbonyl (C=O) groups is 1. The number of Topliss-reactive ketones (excluding diaryl/α,β-unsaturated/α-hetero) is 1. The first kappa shape index (κ1) is 12.8. The summed E-state index contributed by atoms with van der Waals surface area (Å²) < 4.78 is 0. The normalized spacial score (nSPS) is 10.5. The van der Waals surface area contributed by atoms with E-state index in [2.05, 4.69) is 19.2 Å². The van der Waals surface area contributed by atoms with Crippen molar-refractivity contribution in [1.82, 2.24) is 0 Å². The average Bonchev–Trinajstić information content (AvgIpc) is 2.25. The Balaban J connectivity index is 2.35. The van der Waals surface area contributed by atoms with Crippen LogP contribution < -0.4 is 5.32 Å². The number of nitrogens with one attached hydrogen (secondary N) is 1. The highest BCUT2D eigenvalue weighted by atomic mass is 16.1. The first-order valence-electron chi connectivity index (χ1n) is 5.94. The molecule has 0 aliphatic carbocycles. The van der Waals surface area contributed by atoms with Gasteiger partial charge in [-0.15, -0.1) is 0 Å². The molecular formula is C14H21NO. The van der Waals surface area contributed by atoms with E-state index in [-0.39, 0.29) is 5.78 Å². The van der Waals surface area contributed by atoms with Crippen molar-refractivity contribution in [2.45, 2.75) is 33.6 Å². The van der Waals surface area contributed by atoms with Crippen LogP contribution in [0.15, 0.2) is 24.3 Å². The highest BCUT2D eigenvalue weighted by molar-refractivity contribution is 5.94. The van der Waals surface area contributed by atoms with Gasteiger partial charge in [-0.3, -0.25) is 4.79 Å². The van der Waals surface area contributed by atoms with Crippen LogP contribution >= 0.6 is 0 Å². The Hall–Kier alpha value is -1.31. The summed E-state index contributed by atoms with van der Waals surface area (Å²) in [5.41, 5.74) is 1.86. The Kier molecular flexibility index (Phi) is 5.03. The second-order valence-electron chi connectivity index (χ2n) is 4.60. The number of benzene rings is 1. The molecule has 0 unspecified atom stereocenters. The van der Waals surface area contributed by atoms with Crippen LogP contribution in [0.25, 0.3) is 0 Å². The van der Waals surface area contributed by atoms with Crippen molar-refractivity contribution in [1.29, 1.82) is 0 Å². The van der Waals surface area contributed by atoms with Crippen molar-refractivity contribution in [3.63, 3.8) is 0 Å². The van der Waals surface area contributed by atoms with E-state index in [0.29, 0.717) is 0 Å². The third kappa shape index (κ3) is 4.47. The first-order valence-corrected chi connectivity index (χ1v) is 5.94. The van der Waals surface area contributed by atoms with E-state index >= 15 is 0 Å². The molecule has 1 aromatic carbocycles. The molecule has 0 radical (unpaired) electrons. The van der Waals surface area contributed by atoms with Crippen LogP contribution in [-0.4, -0.2) is 12.3 Å². The minimum Gasteiger partial charge on any atom is -0.385 e. The van der Waals surface area contributed by atoms with Gasteiger partial charge < -0.3 is 5.32 Å². The van der Waals surface area contributed by atoms with Gasteiger partial charge in [-0.1, -0.05) is 13.8 Å². The number of hydrogen-bond donors (Lipinski definition) is 1. The molecule has 0 aliphatic rings. The van der Waals surface area contributed by atoms with E-state index in [1.807, 2.05) is 24.3 Å². The topological polar surface area (TPSA) is 29.1 Å². The molecule has 88 valence electrons. The Morgan fingerprint density at radius 2 is 1.88 bits per heavy atom. The van der Waals surface area contributed by atoms with Crippen LogP contribution in [0.5, 0.6) is 0 Å². The molecule has 0 fully saturated rings. The zero-order chi connectivity index (χ0) is 12.0. The lowest BCUT2D eigenvalue weighted by Gasteiger charge is -2.08. The second-order valence-corrected chi connectivity index (χ2v) is 4.60. The monoisotopic (exact) mass is 219 g/mol. The maximum atomic E-state index is 11.1. The first-order chi connectivity index (χ1) is 7.59. The van der Waals surface area contributed by atoms with Gasteiger partial charge >= 0.3 is 0 Å². The predicted octanol–water partition coefficient (Wildman–Crippen LogP) is 3.74. The lowest BCUT2D eigenvalue weighted by atomic mass is 10.1. The van der Waals surface area contributed by atoms with Crippen LogP contribution in [0.1, 0.15) is 44.0 Å². The van der Waals surface area contributed by atoms with Crippen molar-refractivity contribution in [2.75, 3.05) is 11.9 Å². The molecule has 0 spiro atoms. The Bertz CT molecular complexity index is 327. The van der Waals surface area contributed by atoms with Gasteiger partial charge in [0.1, 0.15) is 0 Å². The van der Waals surface area contributed by atoms with Gasteiger partial charge in [0.25, 0.3) is 0 Å². The molecule has 0 amide bonds. The minimum atomic E-state index is 0.117. The van der Waals surface area contributed by atoms with Crippen LogP contribution in [0, 0.1) is 5.92 Å². The van der Waals surface area contributed by atoms with E-state index in [9.17, 15) is 4.79 Å². The molecule has 0 bridgehead atoms. The number of carbonyl (C=O) groups excluding carboxylic acids is 1. The van der Waals surface area contributed by atoms with Gasteiger partial charge in [0.05, 0.1) is 0 Å². The Labute approximate surface area is 98.1 Å². The zero-order valence-corrected chi connectivity index (χ0v) is 10.4. The van der Waals surface area contributed by atoms with Gasteiger partial charge in [0.15, 0.2) is 5.78 Å². The fourth-order valence-corrected chi connectivity index (χ4v) is 1.57. The van der Waals surface area contributed by atoms with E-state index in [1.54, 1.807) is 6.92 Å². The third-order valence-corrected chi connectivity index (χ3v) is 2.58. The number of anilines is 1. The molecule has 1 N–H and O–H groups in total. The van der Waals surface area contributed by atoms with Crippen LogP contribution in [0.4, 0.5) is 5.69 Å². The molecular weight excluding hydrogens is 198 g/mol. The van der Waals surface area contributed by atoms with E-state index in [1.165, 1.54) is 12.8 Å². The van der Waals surface area contributed by atoms with Gasteiger partial charge in [-0.2, -0.15) is 0 Å². The molecule has 0 heterocycles. The molecule has 2 heteroatoms. The molecule has 1 rings (SSSR count). The highest BCUT2D eigenvalue weighted by Crippen LogP contribution is 2.11. The highest BCUT2D eigenvalue weighted by Gasteiger charge is 1.98. The number of hydrogen-bond acceptors (Lipinski definition) is 2. The van der Waals surface area contributed by atoms with Crippen molar-refractivity contribution < 1.29 is 4.79 Å². The second kappa shape index (κ2) is 6.31. The van der Waals surface area contributed by atoms with E-state index < -0.39 is 0 Å². The Morgan fingerprint density at radius 1 is 1.25 bits per heavy atom. The molecule has 0 aliphatic heterocycles. The quantitative estimate of drug-likeness (QED) is 0.583. The summed E-state index contributed by atoms with van der Waals surface area (Å²) in [5.74, 6) is 0.883. The summed E-state index contributed by atoms with van der Waals surface area (Å²) in [7, 11) is 0. The summed E-state index contributed by atoms with van der Waals surface area (Å²) in [6.07, 6.45) is 2.44. The summed E-state index contributed by atoms with van der Waals surface area (Å²) in [5, 5.41) is 3.35. The maximum Gasteiger partial charge on any atom is 0.159 e. The van der Waals surface area contributed by atoms with E-state index in [4.69, 9.17) is 0 Å². The van der Waals surface area contributed by atoms with Crippen LogP contribution in [0.2, 0.25) is 0 Å². The van der Waals surface area contributed by atoms with E-state index in [0.717, 1.165) is 23.7 Å². The molecule has 1 aromatic rings. The molecule has 0 aromatic heterocycles.